The van der Waals surface area contributed by atoms with Crippen LogP contribution in [0.3, 0.4) is 0 Å². The maximum Gasteiger partial charge on any atom is 0.513 e. The van der Waals surface area contributed by atoms with Gasteiger partial charge in [0.15, 0.2) is 0 Å². The summed E-state index contributed by atoms with van der Waals surface area (Å²) >= 11 is 0. The second kappa shape index (κ2) is 12.2. The molecule has 214 valence electrons. The Morgan fingerprint density at radius 3 is 2.51 bits per heavy atom. The van der Waals surface area contributed by atoms with Crippen LogP contribution in [-0.2, 0) is 16.5 Å². The van der Waals surface area contributed by atoms with Gasteiger partial charge in [-0.3, -0.25) is 15.0 Å². The summed E-state index contributed by atoms with van der Waals surface area (Å²) < 4.78 is 11.3. The lowest BCUT2D eigenvalue weighted by Gasteiger charge is -2.36. The van der Waals surface area contributed by atoms with Gasteiger partial charge in [0, 0.05) is 61.8 Å². The topological polar surface area (TPSA) is 141 Å². The molecule has 1 aromatic heterocycles. The summed E-state index contributed by atoms with van der Waals surface area (Å²) in [5.74, 6) is -0.149. The van der Waals surface area contributed by atoms with Crippen LogP contribution in [0.1, 0.15) is 31.2 Å². The smallest absolute Gasteiger partial charge is 0.433 e. The van der Waals surface area contributed by atoms with Gasteiger partial charge in [0.05, 0.1) is 23.6 Å². The number of benzene rings is 2. The van der Waals surface area contributed by atoms with E-state index in [2.05, 4.69) is 42.7 Å². The van der Waals surface area contributed by atoms with E-state index in [1.165, 1.54) is 22.6 Å². The lowest BCUT2D eigenvalue weighted by atomic mass is 9.84. The maximum absolute atomic E-state index is 12.9. The summed E-state index contributed by atoms with van der Waals surface area (Å²) in [7, 11) is 1.64. The molecule has 13 nitrogen and oxygen atoms in total. The number of aromatic nitrogens is 4. The van der Waals surface area contributed by atoms with Crippen LogP contribution < -0.4 is 10.2 Å². The van der Waals surface area contributed by atoms with Gasteiger partial charge in [0.2, 0.25) is 5.82 Å². The molecular formula is C28H32N8O5. The molecule has 41 heavy (non-hydrogen) atoms. The molecular weight excluding hydrogens is 528 g/mol. The van der Waals surface area contributed by atoms with Crippen LogP contribution >= 0.6 is 0 Å². The first-order valence-electron chi connectivity index (χ1n) is 13.3. The Morgan fingerprint density at radius 1 is 1.07 bits per heavy atom. The third-order valence-corrected chi connectivity index (χ3v) is 7.18. The molecule has 0 radical (unpaired) electrons. The van der Waals surface area contributed by atoms with Gasteiger partial charge in [-0.05, 0) is 36.8 Å². The van der Waals surface area contributed by atoms with Crippen LogP contribution in [-0.4, -0.2) is 75.5 Å². The van der Waals surface area contributed by atoms with Crippen LogP contribution in [0, 0.1) is 10.1 Å². The molecule has 1 N–H and O–H groups in total. The zero-order valence-electron chi connectivity index (χ0n) is 23.2. The summed E-state index contributed by atoms with van der Waals surface area (Å²) in [6.45, 7) is 7.85. The number of rotatable bonds is 8. The third-order valence-electron chi connectivity index (χ3n) is 7.18. The number of anilines is 1. The molecule has 0 amide bonds. The zero-order valence-corrected chi connectivity index (χ0v) is 23.2. The predicted molar refractivity (Wildman–Crippen MR) is 151 cm³/mol. The van der Waals surface area contributed by atoms with Crippen molar-refractivity contribution in [2.24, 2.45) is 7.05 Å². The first kappa shape index (κ1) is 27.8. The van der Waals surface area contributed by atoms with E-state index < -0.39 is 17.0 Å². The molecule has 1 unspecified atom stereocenters. The Morgan fingerprint density at radius 2 is 1.83 bits per heavy atom. The van der Waals surface area contributed by atoms with Gasteiger partial charge in [-0.2, -0.15) is 4.80 Å². The summed E-state index contributed by atoms with van der Waals surface area (Å²) in [6.07, 6.45) is -0.856. The number of dihydropyridines is 1. The molecule has 0 spiro atoms. The summed E-state index contributed by atoms with van der Waals surface area (Å²) in [4.78, 5) is 29.9. The van der Waals surface area contributed by atoms with Gasteiger partial charge in [0.25, 0.3) is 5.69 Å². The van der Waals surface area contributed by atoms with Crippen molar-refractivity contribution in [1.29, 1.82) is 0 Å². The van der Waals surface area contributed by atoms with Crippen molar-refractivity contribution in [2.75, 3.05) is 44.2 Å². The average Bonchev–Trinajstić information content (AvgIpc) is 3.40. The molecule has 3 heterocycles. The number of ether oxygens (including phenoxy) is 2. The van der Waals surface area contributed by atoms with Crippen LogP contribution in [0.5, 0.6) is 0 Å². The van der Waals surface area contributed by atoms with Gasteiger partial charge in [0.1, 0.15) is 12.4 Å². The second-order valence-corrected chi connectivity index (χ2v) is 9.91. The van der Waals surface area contributed by atoms with E-state index in [4.69, 9.17) is 9.47 Å². The van der Waals surface area contributed by atoms with Crippen molar-refractivity contribution in [3.05, 3.63) is 93.3 Å². The Kier molecular flexibility index (Phi) is 8.24. The van der Waals surface area contributed by atoms with Crippen LogP contribution in [0.25, 0.3) is 5.57 Å². The minimum atomic E-state index is -0.856. The number of hydrogen-bond acceptors (Lipinski definition) is 11. The number of hydrogen-bond donors (Lipinski definition) is 1. The lowest BCUT2D eigenvalue weighted by molar-refractivity contribution is -0.384. The molecule has 0 saturated carbocycles. The van der Waals surface area contributed by atoms with Crippen molar-refractivity contribution < 1.29 is 19.2 Å². The second-order valence-electron chi connectivity index (χ2n) is 9.91. The largest absolute Gasteiger partial charge is 0.513 e. The van der Waals surface area contributed by atoms with Gasteiger partial charge < -0.3 is 19.7 Å². The number of para-hydroxylation sites is 1. The highest BCUT2D eigenvalue weighted by atomic mass is 16.7. The zero-order chi connectivity index (χ0) is 28.9. The Balaban J connectivity index is 1.27. The number of aryl methyl sites for hydroxylation is 1. The highest BCUT2D eigenvalue weighted by molar-refractivity contribution is 5.76. The summed E-state index contributed by atoms with van der Waals surface area (Å²) in [5, 5.41) is 27.2. The van der Waals surface area contributed by atoms with Crippen molar-refractivity contribution >= 4 is 23.1 Å². The number of nitrogens with zero attached hydrogens (tertiary/aromatic N) is 7. The standard InChI is InChI=1S/C28H32N8O5/c1-19-24(27-30-32-33(3)31-27)25(21-8-7-11-23(18-21)36(38)39)26(20(2)29-19)41-28(37)40-17-16-34-12-14-35(15-13-34)22-9-5-4-6-10-22/h4-11,18,25,29H,12-17H2,1-3H3. The van der Waals surface area contributed by atoms with Gasteiger partial charge in [-0.25, -0.2) is 4.79 Å². The number of nitro groups is 1. The molecule has 1 saturated heterocycles. The molecule has 3 aromatic rings. The fourth-order valence-corrected chi connectivity index (χ4v) is 5.18. The molecule has 0 aliphatic carbocycles. The number of allylic oxidation sites excluding steroid dienone is 3. The van der Waals surface area contributed by atoms with Gasteiger partial charge in [-0.1, -0.05) is 30.3 Å². The normalized spacial score (nSPS) is 17.8. The van der Waals surface area contributed by atoms with E-state index in [9.17, 15) is 14.9 Å². The lowest BCUT2D eigenvalue weighted by Crippen LogP contribution is -2.47. The number of non-ortho nitro benzene ring substituents is 1. The molecule has 2 aliphatic heterocycles. The molecule has 2 aliphatic rings. The number of carbonyl (C=O) groups is 1. The number of nitrogens with one attached hydrogen (secondary N) is 1. The molecule has 2 aromatic carbocycles. The number of tetrazole rings is 1. The minimum absolute atomic E-state index is 0.0860. The van der Waals surface area contributed by atoms with Gasteiger partial charge >= 0.3 is 6.16 Å². The van der Waals surface area contributed by atoms with Crippen LogP contribution in [0.4, 0.5) is 16.2 Å². The van der Waals surface area contributed by atoms with E-state index in [0.29, 0.717) is 34.9 Å². The molecule has 1 atom stereocenters. The van der Waals surface area contributed by atoms with Crippen LogP contribution in [0.15, 0.2) is 71.8 Å². The number of nitro benzene ring substituents is 1. The van der Waals surface area contributed by atoms with Crippen molar-refractivity contribution in [3.63, 3.8) is 0 Å². The van der Waals surface area contributed by atoms with Gasteiger partial charge in [-0.15, -0.1) is 10.2 Å². The first-order chi connectivity index (χ1) is 19.8. The maximum atomic E-state index is 12.9. The van der Waals surface area contributed by atoms with E-state index in [0.717, 1.165) is 26.2 Å². The van der Waals surface area contributed by atoms with Crippen molar-refractivity contribution in [1.82, 2.24) is 30.4 Å². The number of piperazine rings is 1. The van der Waals surface area contributed by atoms with Crippen LogP contribution in [0.2, 0.25) is 0 Å². The van der Waals surface area contributed by atoms with Crippen molar-refractivity contribution in [2.45, 2.75) is 19.8 Å². The Hall–Kier alpha value is -4.78. The quantitative estimate of drug-likeness (QED) is 0.246. The highest BCUT2D eigenvalue weighted by Gasteiger charge is 2.36. The fraction of sp³-hybridized carbons (Fsp3) is 0.357. The monoisotopic (exact) mass is 560 g/mol. The van der Waals surface area contributed by atoms with E-state index in [1.807, 2.05) is 25.1 Å². The molecule has 1 fully saturated rings. The molecule has 5 rings (SSSR count). The summed E-state index contributed by atoms with van der Waals surface area (Å²) in [5.41, 5.74) is 3.53. The fourth-order valence-electron chi connectivity index (χ4n) is 5.18. The minimum Gasteiger partial charge on any atom is -0.433 e. The third kappa shape index (κ3) is 6.35. The Labute approximate surface area is 237 Å². The first-order valence-corrected chi connectivity index (χ1v) is 13.3. The average molecular weight is 561 g/mol. The van der Waals surface area contributed by atoms with E-state index in [1.54, 1.807) is 26.1 Å². The SMILES string of the molecule is CC1=C(OC(=O)OCCN2CCN(c3ccccc3)CC2)C(c2cccc([N+](=O)[O-])c2)C(c2nnn(C)n2)=C(C)N1. The van der Waals surface area contributed by atoms with Crippen molar-refractivity contribution in [3.8, 4) is 0 Å². The van der Waals surface area contributed by atoms with E-state index >= 15 is 0 Å². The number of carbonyl (C=O) groups excluding carboxylic acids is 1. The summed E-state index contributed by atoms with van der Waals surface area (Å²) in [6, 6.07) is 16.5. The molecule has 13 heteroatoms. The Bertz CT molecular complexity index is 1480. The molecule has 0 bridgehead atoms. The van der Waals surface area contributed by atoms with E-state index in [-0.39, 0.29) is 18.1 Å². The predicted octanol–water partition coefficient (Wildman–Crippen LogP) is 3.44. The highest BCUT2D eigenvalue weighted by Crippen LogP contribution is 2.43.